The Labute approximate surface area is 124 Å². The normalized spacial score (nSPS) is 31.1. The molecule has 1 N–H and O–H groups in total. The highest BCUT2D eigenvalue weighted by atomic mass is 16.5. The summed E-state index contributed by atoms with van der Waals surface area (Å²) in [4.78, 5) is 2.50. The summed E-state index contributed by atoms with van der Waals surface area (Å²) in [5.74, 6) is 0.711. The van der Waals surface area contributed by atoms with Gasteiger partial charge in [-0.05, 0) is 39.2 Å². The zero-order valence-corrected chi connectivity index (χ0v) is 13.7. The molecule has 2 rings (SSSR count). The van der Waals surface area contributed by atoms with Gasteiger partial charge in [0.25, 0.3) is 0 Å². The van der Waals surface area contributed by atoms with E-state index in [1.165, 1.54) is 12.8 Å². The molecule has 4 heteroatoms. The van der Waals surface area contributed by atoms with Crippen LogP contribution in [0.4, 0.5) is 0 Å². The van der Waals surface area contributed by atoms with Crippen LogP contribution in [0.25, 0.3) is 0 Å². The molecule has 2 aliphatic heterocycles. The van der Waals surface area contributed by atoms with Crippen LogP contribution in [0.2, 0.25) is 0 Å². The average molecular weight is 284 g/mol. The Kier molecular flexibility index (Phi) is 5.84. The highest BCUT2D eigenvalue weighted by molar-refractivity contribution is 4.83. The van der Waals surface area contributed by atoms with Gasteiger partial charge in [0, 0.05) is 26.2 Å². The summed E-state index contributed by atoms with van der Waals surface area (Å²) in [6.07, 6.45) is 3.22. The van der Waals surface area contributed by atoms with Gasteiger partial charge in [-0.2, -0.15) is 0 Å². The largest absolute Gasteiger partial charge is 0.373 e. The van der Waals surface area contributed by atoms with E-state index in [0.29, 0.717) is 18.1 Å². The molecule has 0 spiro atoms. The average Bonchev–Trinajstić information content (AvgIpc) is 2.75. The second kappa shape index (κ2) is 7.21. The first-order chi connectivity index (χ1) is 9.44. The molecule has 118 valence electrons. The van der Waals surface area contributed by atoms with E-state index in [1.807, 2.05) is 0 Å². The second-order valence-corrected chi connectivity index (χ2v) is 7.35. The van der Waals surface area contributed by atoms with E-state index in [9.17, 15) is 0 Å². The van der Waals surface area contributed by atoms with Crippen molar-refractivity contribution in [1.82, 2.24) is 10.2 Å². The third-order valence-corrected chi connectivity index (χ3v) is 4.09. The molecule has 0 bridgehead atoms. The fourth-order valence-electron chi connectivity index (χ4n) is 3.16. The van der Waals surface area contributed by atoms with E-state index in [1.54, 1.807) is 0 Å². The van der Waals surface area contributed by atoms with Gasteiger partial charge in [-0.25, -0.2) is 0 Å². The highest BCUT2D eigenvalue weighted by Crippen LogP contribution is 2.23. The molecule has 0 aromatic carbocycles. The number of hydrogen-bond acceptors (Lipinski definition) is 4. The summed E-state index contributed by atoms with van der Waals surface area (Å²) in [5, 5.41) is 3.51. The van der Waals surface area contributed by atoms with Crippen LogP contribution in [0.5, 0.6) is 0 Å². The van der Waals surface area contributed by atoms with Crippen molar-refractivity contribution >= 4 is 0 Å². The van der Waals surface area contributed by atoms with E-state index in [0.717, 1.165) is 39.3 Å². The first kappa shape index (κ1) is 16.2. The lowest BCUT2D eigenvalue weighted by Gasteiger charge is -2.39. The van der Waals surface area contributed by atoms with Crippen molar-refractivity contribution in [3.8, 4) is 0 Å². The summed E-state index contributed by atoms with van der Waals surface area (Å²) in [7, 11) is 0. The zero-order chi connectivity index (χ0) is 14.6. The maximum Gasteiger partial charge on any atom is 0.0753 e. The Morgan fingerprint density at radius 1 is 1.25 bits per heavy atom. The fourth-order valence-corrected chi connectivity index (χ4v) is 3.16. The molecule has 20 heavy (non-hydrogen) atoms. The summed E-state index contributed by atoms with van der Waals surface area (Å²) in [5.41, 5.74) is -0.00489. The van der Waals surface area contributed by atoms with Crippen molar-refractivity contribution in [2.24, 2.45) is 5.92 Å². The van der Waals surface area contributed by atoms with Crippen LogP contribution >= 0.6 is 0 Å². The van der Waals surface area contributed by atoms with Crippen molar-refractivity contribution in [1.29, 1.82) is 0 Å². The van der Waals surface area contributed by atoms with Gasteiger partial charge in [-0.3, -0.25) is 4.90 Å². The molecule has 2 heterocycles. The molecule has 0 aromatic rings. The smallest absolute Gasteiger partial charge is 0.0753 e. The van der Waals surface area contributed by atoms with E-state index in [-0.39, 0.29) is 5.60 Å². The number of nitrogens with zero attached hydrogens (tertiary/aromatic N) is 1. The fraction of sp³-hybridized carbons (Fsp3) is 1.00. The molecule has 0 aromatic heterocycles. The van der Waals surface area contributed by atoms with Crippen LogP contribution < -0.4 is 5.32 Å². The monoisotopic (exact) mass is 284 g/mol. The number of rotatable bonds is 6. The van der Waals surface area contributed by atoms with Gasteiger partial charge in [0.15, 0.2) is 0 Å². The van der Waals surface area contributed by atoms with Crippen molar-refractivity contribution < 1.29 is 9.47 Å². The predicted octanol–water partition coefficient (Wildman–Crippen LogP) is 1.89. The van der Waals surface area contributed by atoms with Crippen LogP contribution in [-0.4, -0.2) is 62.0 Å². The number of hydrogen-bond donors (Lipinski definition) is 1. The first-order valence-electron chi connectivity index (χ1n) is 8.17. The Morgan fingerprint density at radius 2 is 2.00 bits per heavy atom. The van der Waals surface area contributed by atoms with Crippen molar-refractivity contribution in [2.45, 2.75) is 58.3 Å². The Bertz CT molecular complexity index is 294. The SMILES string of the molecule is CC(C)CNCC1CCC(CN2CCOC(C)(C)C2)O1. The van der Waals surface area contributed by atoms with Crippen LogP contribution in [-0.2, 0) is 9.47 Å². The van der Waals surface area contributed by atoms with Gasteiger partial charge in [-0.1, -0.05) is 13.8 Å². The van der Waals surface area contributed by atoms with Gasteiger partial charge < -0.3 is 14.8 Å². The van der Waals surface area contributed by atoms with Gasteiger partial charge >= 0.3 is 0 Å². The maximum absolute atomic E-state index is 6.17. The van der Waals surface area contributed by atoms with Crippen molar-refractivity contribution in [3.63, 3.8) is 0 Å². The van der Waals surface area contributed by atoms with Crippen LogP contribution in [0.15, 0.2) is 0 Å². The quantitative estimate of drug-likeness (QED) is 0.807. The summed E-state index contributed by atoms with van der Waals surface area (Å²) in [6, 6.07) is 0. The summed E-state index contributed by atoms with van der Waals surface area (Å²) < 4.78 is 11.9. The molecule has 2 fully saturated rings. The Balaban J connectivity index is 1.65. The lowest BCUT2D eigenvalue weighted by molar-refractivity contribution is -0.0965. The standard InChI is InChI=1S/C16H32N2O2/c1-13(2)9-17-10-14-5-6-15(20-14)11-18-7-8-19-16(3,4)12-18/h13-15,17H,5-12H2,1-4H3. The lowest BCUT2D eigenvalue weighted by atomic mass is 10.1. The number of morpholine rings is 1. The molecule has 0 amide bonds. The van der Waals surface area contributed by atoms with Crippen LogP contribution in [0.1, 0.15) is 40.5 Å². The summed E-state index contributed by atoms with van der Waals surface area (Å²) in [6.45, 7) is 14.9. The van der Waals surface area contributed by atoms with Crippen LogP contribution in [0.3, 0.4) is 0 Å². The van der Waals surface area contributed by atoms with Gasteiger partial charge in [-0.15, -0.1) is 0 Å². The molecular formula is C16H32N2O2. The van der Waals surface area contributed by atoms with Gasteiger partial charge in [0.05, 0.1) is 24.4 Å². The first-order valence-corrected chi connectivity index (χ1v) is 8.17. The van der Waals surface area contributed by atoms with E-state index < -0.39 is 0 Å². The molecule has 0 aliphatic carbocycles. The third kappa shape index (κ3) is 5.32. The molecule has 0 radical (unpaired) electrons. The van der Waals surface area contributed by atoms with Gasteiger partial charge in [0.1, 0.15) is 0 Å². The van der Waals surface area contributed by atoms with E-state index >= 15 is 0 Å². The Hall–Kier alpha value is -0.160. The van der Waals surface area contributed by atoms with Crippen molar-refractivity contribution in [2.75, 3.05) is 39.3 Å². The summed E-state index contributed by atoms with van der Waals surface area (Å²) >= 11 is 0. The second-order valence-electron chi connectivity index (χ2n) is 7.35. The highest BCUT2D eigenvalue weighted by Gasteiger charge is 2.31. The molecule has 4 nitrogen and oxygen atoms in total. The minimum absolute atomic E-state index is 0.00489. The Morgan fingerprint density at radius 3 is 2.70 bits per heavy atom. The molecular weight excluding hydrogens is 252 g/mol. The molecule has 0 saturated carbocycles. The molecule has 2 unspecified atom stereocenters. The predicted molar refractivity (Wildman–Crippen MR) is 82.1 cm³/mol. The van der Waals surface area contributed by atoms with E-state index in [2.05, 4.69) is 37.9 Å². The molecule has 2 atom stereocenters. The molecule has 2 saturated heterocycles. The lowest BCUT2D eigenvalue weighted by Crippen LogP contribution is -2.50. The third-order valence-electron chi connectivity index (χ3n) is 4.09. The zero-order valence-electron chi connectivity index (χ0n) is 13.7. The number of nitrogens with one attached hydrogen (secondary N) is 1. The maximum atomic E-state index is 6.17. The van der Waals surface area contributed by atoms with Gasteiger partial charge in [0.2, 0.25) is 0 Å². The minimum Gasteiger partial charge on any atom is -0.373 e. The number of ether oxygens (including phenoxy) is 2. The topological polar surface area (TPSA) is 33.7 Å². The van der Waals surface area contributed by atoms with Crippen LogP contribution in [0, 0.1) is 5.92 Å². The van der Waals surface area contributed by atoms with Crippen molar-refractivity contribution in [3.05, 3.63) is 0 Å². The van der Waals surface area contributed by atoms with E-state index in [4.69, 9.17) is 9.47 Å². The minimum atomic E-state index is -0.00489. The molecule has 2 aliphatic rings.